The van der Waals surface area contributed by atoms with E-state index in [4.69, 9.17) is 39.9 Å². The fourth-order valence-electron chi connectivity index (χ4n) is 3.67. The molecule has 0 fully saturated rings. The molecule has 0 aromatic heterocycles. The maximum atomic E-state index is 12.2. The molecule has 39 heavy (non-hydrogen) atoms. The van der Waals surface area contributed by atoms with Crippen LogP contribution in [0.5, 0.6) is 0 Å². The van der Waals surface area contributed by atoms with Crippen LogP contribution in [0.2, 0.25) is 0 Å². The number of carbonyl (C=O) groups is 2. The van der Waals surface area contributed by atoms with E-state index in [1.54, 1.807) is 7.05 Å². The van der Waals surface area contributed by atoms with E-state index in [1.807, 2.05) is 0 Å². The predicted molar refractivity (Wildman–Crippen MR) is 147 cm³/mol. The lowest BCUT2D eigenvalue weighted by Gasteiger charge is -2.25. The summed E-state index contributed by atoms with van der Waals surface area (Å²) < 4.78 is 32.9. The Morgan fingerprint density at radius 3 is 2.08 bits per heavy atom. The monoisotopic (exact) mass is 561 g/mol. The molecule has 1 atom stereocenters. The van der Waals surface area contributed by atoms with Crippen LogP contribution < -0.4 is 27.4 Å². The third-order valence-corrected chi connectivity index (χ3v) is 5.79. The first kappa shape index (κ1) is 35.0. The molecule has 0 heterocycles. The maximum Gasteiger partial charge on any atom is 0.246 e. The second-order valence-corrected chi connectivity index (χ2v) is 8.88. The summed E-state index contributed by atoms with van der Waals surface area (Å²) in [6.07, 6.45) is 4.77. The molecule has 1 aliphatic carbocycles. The number of nitrogens with one attached hydrogen (secondary N) is 3. The van der Waals surface area contributed by atoms with Crippen LogP contribution in [0.3, 0.4) is 0 Å². The standard InChI is InChI=1S/C26H51N5O8/c1-29-24(32)7-11-34-15-17-37-14-10-31-25(33)21-39-23-6-4-2-3-5-22(26(23)28)30-9-13-36-18-20-38-19-16-35-12-8-27/h23,30H,2-21,27-28H2,1H3,(H,29,32)(H,31,33)/b26-22-. The molecular weight excluding hydrogens is 510 g/mol. The summed E-state index contributed by atoms with van der Waals surface area (Å²) >= 11 is 0. The maximum absolute atomic E-state index is 12.2. The van der Waals surface area contributed by atoms with Gasteiger partial charge >= 0.3 is 0 Å². The third kappa shape index (κ3) is 19.7. The molecule has 0 radical (unpaired) electrons. The van der Waals surface area contributed by atoms with E-state index < -0.39 is 0 Å². The summed E-state index contributed by atoms with van der Waals surface area (Å²) in [6.45, 7) is 6.08. The molecule has 0 saturated carbocycles. The summed E-state index contributed by atoms with van der Waals surface area (Å²) in [4.78, 5) is 23.3. The molecule has 13 heteroatoms. The van der Waals surface area contributed by atoms with E-state index in [0.717, 1.165) is 37.8 Å². The van der Waals surface area contributed by atoms with Gasteiger partial charge in [-0.3, -0.25) is 9.59 Å². The average Bonchev–Trinajstić information content (AvgIpc) is 2.93. The van der Waals surface area contributed by atoms with E-state index in [0.29, 0.717) is 97.8 Å². The second-order valence-electron chi connectivity index (χ2n) is 8.88. The summed E-state index contributed by atoms with van der Waals surface area (Å²) in [7, 11) is 1.59. The highest BCUT2D eigenvalue weighted by atomic mass is 16.5. The lowest BCUT2D eigenvalue weighted by molar-refractivity contribution is -0.127. The molecule has 0 aromatic carbocycles. The van der Waals surface area contributed by atoms with Crippen LogP contribution in [0.4, 0.5) is 0 Å². The van der Waals surface area contributed by atoms with Gasteiger partial charge in [-0.1, -0.05) is 12.8 Å². The van der Waals surface area contributed by atoms with Gasteiger partial charge in [-0.25, -0.2) is 0 Å². The van der Waals surface area contributed by atoms with Crippen molar-refractivity contribution < 1.29 is 38.0 Å². The van der Waals surface area contributed by atoms with Gasteiger partial charge in [0.15, 0.2) is 0 Å². The van der Waals surface area contributed by atoms with Crippen molar-refractivity contribution in [1.82, 2.24) is 16.0 Å². The summed E-state index contributed by atoms with van der Waals surface area (Å²) in [5.74, 6) is -0.277. The highest BCUT2D eigenvalue weighted by molar-refractivity contribution is 5.77. The fraction of sp³-hybridized carbons (Fsp3) is 0.846. The van der Waals surface area contributed by atoms with E-state index in [-0.39, 0.29) is 24.5 Å². The van der Waals surface area contributed by atoms with Crippen molar-refractivity contribution in [2.75, 3.05) is 99.4 Å². The molecular formula is C26H51N5O8. The van der Waals surface area contributed by atoms with Crippen LogP contribution in [0.15, 0.2) is 11.4 Å². The Morgan fingerprint density at radius 1 is 0.795 bits per heavy atom. The number of ether oxygens (including phenoxy) is 6. The highest BCUT2D eigenvalue weighted by Gasteiger charge is 2.20. The Balaban J connectivity index is 2.18. The molecule has 0 saturated heterocycles. The fourth-order valence-corrected chi connectivity index (χ4v) is 3.67. The lowest BCUT2D eigenvalue weighted by atomic mass is 9.99. The van der Waals surface area contributed by atoms with Gasteiger partial charge in [0, 0.05) is 38.8 Å². The molecule has 13 nitrogen and oxygen atoms in total. The van der Waals surface area contributed by atoms with Crippen molar-refractivity contribution in [1.29, 1.82) is 0 Å². The molecule has 228 valence electrons. The van der Waals surface area contributed by atoms with E-state index >= 15 is 0 Å². The van der Waals surface area contributed by atoms with Crippen LogP contribution in [0.1, 0.15) is 38.5 Å². The van der Waals surface area contributed by atoms with Gasteiger partial charge in [0.05, 0.1) is 77.9 Å². The van der Waals surface area contributed by atoms with Gasteiger partial charge in [0.2, 0.25) is 11.8 Å². The van der Waals surface area contributed by atoms with Crippen LogP contribution >= 0.6 is 0 Å². The van der Waals surface area contributed by atoms with Crippen molar-refractivity contribution in [2.24, 2.45) is 11.5 Å². The van der Waals surface area contributed by atoms with Crippen LogP contribution in [0, 0.1) is 0 Å². The van der Waals surface area contributed by atoms with Gasteiger partial charge in [0.1, 0.15) is 6.61 Å². The number of hydrogen-bond acceptors (Lipinski definition) is 11. The minimum atomic E-state index is -0.308. The molecule has 1 unspecified atom stereocenters. The molecule has 2 amide bonds. The van der Waals surface area contributed by atoms with E-state index in [2.05, 4.69) is 16.0 Å². The van der Waals surface area contributed by atoms with E-state index in [9.17, 15) is 9.59 Å². The molecule has 7 N–H and O–H groups in total. The van der Waals surface area contributed by atoms with Crippen LogP contribution in [0.25, 0.3) is 0 Å². The first-order valence-corrected chi connectivity index (χ1v) is 14.0. The topological polar surface area (TPSA) is 178 Å². The zero-order valence-corrected chi connectivity index (χ0v) is 23.6. The Morgan fingerprint density at radius 2 is 1.41 bits per heavy atom. The Labute approximate surface area is 233 Å². The van der Waals surface area contributed by atoms with E-state index in [1.165, 1.54) is 0 Å². The van der Waals surface area contributed by atoms with Crippen molar-refractivity contribution in [3.05, 3.63) is 11.4 Å². The largest absolute Gasteiger partial charge is 0.399 e. The smallest absolute Gasteiger partial charge is 0.246 e. The Bertz CT molecular complexity index is 668. The van der Waals surface area contributed by atoms with Crippen molar-refractivity contribution in [3.8, 4) is 0 Å². The Kier molecular flexibility index (Phi) is 22.5. The normalized spacial score (nSPS) is 17.8. The van der Waals surface area contributed by atoms with Crippen molar-refractivity contribution in [2.45, 2.75) is 44.6 Å². The zero-order chi connectivity index (χ0) is 28.4. The molecule has 0 aromatic rings. The van der Waals surface area contributed by atoms with Gasteiger partial charge in [-0.05, 0) is 19.3 Å². The molecule has 0 bridgehead atoms. The van der Waals surface area contributed by atoms with Gasteiger partial charge in [-0.2, -0.15) is 0 Å². The molecule has 1 rings (SSSR count). The lowest BCUT2D eigenvalue weighted by Crippen LogP contribution is -2.35. The molecule has 0 spiro atoms. The number of nitrogens with two attached hydrogens (primary N) is 2. The number of allylic oxidation sites excluding steroid dienone is 1. The molecule has 0 aliphatic heterocycles. The minimum absolute atomic E-state index is 0.0610. The minimum Gasteiger partial charge on any atom is -0.399 e. The van der Waals surface area contributed by atoms with Gasteiger partial charge in [0.25, 0.3) is 0 Å². The van der Waals surface area contributed by atoms with Crippen molar-refractivity contribution in [3.63, 3.8) is 0 Å². The first-order valence-electron chi connectivity index (χ1n) is 14.0. The quantitative estimate of drug-likeness (QED) is 0.0950. The summed E-state index contributed by atoms with van der Waals surface area (Å²) in [5.41, 5.74) is 13.4. The SMILES string of the molecule is CNC(=O)CCOCCOCCNC(=O)COC1CCCCC/C(NCCOCCOCCOCCN)=C\1N. The van der Waals surface area contributed by atoms with Gasteiger partial charge in [-0.15, -0.1) is 0 Å². The number of amides is 2. The summed E-state index contributed by atoms with van der Waals surface area (Å²) in [6, 6.07) is 0. The first-order chi connectivity index (χ1) is 19.1. The predicted octanol–water partition coefficient (Wildman–Crippen LogP) is -0.610. The van der Waals surface area contributed by atoms with Crippen molar-refractivity contribution >= 4 is 11.8 Å². The average molecular weight is 562 g/mol. The second kappa shape index (κ2) is 25.0. The van der Waals surface area contributed by atoms with Gasteiger partial charge < -0.3 is 55.8 Å². The number of rotatable bonds is 24. The Hall–Kier alpha value is -2.00. The molecule has 1 aliphatic rings. The van der Waals surface area contributed by atoms with Crippen LogP contribution in [-0.2, 0) is 38.0 Å². The summed E-state index contributed by atoms with van der Waals surface area (Å²) in [5, 5.41) is 8.70. The number of hydrogen-bond donors (Lipinski definition) is 5. The number of carbonyl (C=O) groups excluding carboxylic acids is 2. The van der Waals surface area contributed by atoms with Crippen LogP contribution in [-0.4, -0.2) is 117 Å². The zero-order valence-electron chi connectivity index (χ0n) is 23.6. The third-order valence-electron chi connectivity index (χ3n) is 5.79. The highest BCUT2D eigenvalue weighted by Crippen LogP contribution is 2.21.